The summed E-state index contributed by atoms with van der Waals surface area (Å²) in [7, 11) is 0. The minimum Gasteiger partial charge on any atom is -0.479 e. The number of carboxylic acids is 1. The van der Waals surface area contributed by atoms with Gasteiger partial charge in [-0.15, -0.1) is 0 Å². The van der Waals surface area contributed by atoms with Crippen LogP contribution in [0, 0.1) is 0 Å². The van der Waals surface area contributed by atoms with E-state index in [1.165, 1.54) is 0 Å². The van der Waals surface area contributed by atoms with Crippen molar-refractivity contribution in [3.8, 4) is 0 Å². The molecule has 0 aliphatic rings. The van der Waals surface area contributed by atoms with Crippen LogP contribution in [0.5, 0.6) is 0 Å². The van der Waals surface area contributed by atoms with Crippen molar-refractivity contribution in [1.82, 2.24) is 10.6 Å². The number of hydrogen-bond donors (Lipinski definition) is 4. The van der Waals surface area contributed by atoms with Gasteiger partial charge < -0.3 is 20.8 Å². The molecule has 0 saturated heterocycles. The Morgan fingerprint density at radius 2 is 1.94 bits per heavy atom. The molecule has 0 aliphatic heterocycles. The number of thioether (sulfide) groups is 1. The van der Waals surface area contributed by atoms with E-state index in [0.29, 0.717) is 6.54 Å². The first-order chi connectivity index (χ1) is 7.78. The Kier molecular flexibility index (Phi) is 6.98. The highest BCUT2D eigenvalue weighted by molar-refractivity contribution is 7.99. The van der Waals surface area contributed by atoms with Crippen LogP contribution in [0.1, 0.15) is 20.3 Å². The number of carbonyl (C=O) groups excluding carboxylic acids is 1. The van der Waals surface area contributed by atoms with Crippen molar-refractivity contribution >= 4 is 23.8 Å². The first-order valence-corrected chi connectivity index (χ1v) is 6.48. The van der Waals surface area contributed by atoms with Crippen LogP contribution in [-0.2, 0) is 4.79 Å². The lowest BCUT2D eigenvalue weighted by molar-refractivity contribution is -0.146. The van der Waals surface area contributed by atoms with Crippen LogP contribution in [-0.4, -0.2) is 52.4 Å². The number of urea groups is 1. The van der Waals surface area contributed by atoms with Gasteiger partial charge in [0.25, 0.3) is 0 Å². The SMILES string of the molecule is CSC(C)(C)CNC(=O)NCCC(O)C(=O)O. The molecule has 0 aromatic rings. The number of aliphatic hydroxyl groups is 1. The van der Waals surface area contributed by atoms with Gasteiger partial charge in [0.1, 0.15) is 0 Å². The molecule has 0 aromatic carbocycles. The number of amides is 2. The van der Waals surface area contributed by atoms with Gasteiger partial charge in [-0.05, 0) is 20.1 Å². The third-order valence-electron chi connectivity index (χ3n) is 2.22. The molecule has 4 N–H and O–H groups in total. The van der Waals surface area contributed by atoms with Gasteiger partial charge in [-0.25, -0.2) is 9.59 Å². The molecule has 0 saturated carbocycles. The Morgan fingerprint density at radius 1 is 1.35 bits per heavy atom. The van der Waals surface area contributed by atoms with Crippen LogP contribution in [0.3, 0.4) is 0 Å². The van der Waals surface area contributed by atoms with Crippen molar-refractivity contribution in [3.05, 3.63) is 0 Å². The Morgan fingerprint density at radius 3 is 2.41 bits per heavy atom. The van der Waals surface area contributed by atoms with Gasteiger partial charge in [0.15, 0.2) is 6.10 Å². The molecular weight excluding hydrogens is 244 g/mol. The lowest BCUT2D eigenvalue weighted by Gasteiger charge is -2.22. The summed E-state index contributed by atoms with van der Waals surface area (Å²) in [5.74, 6) is -1.28. The predicted octanol–water partition coefficient (Wildman–Crippen LogP) is 0.263. The quantitative estimate of drug-likeness (QED) is 0.529. The molecule has 2 amide bonds. The second kappa shape index (κ2) is 7.39. The molecule has 100 valence electrons. The summed E-state index contributed by atoms with van der Waals surface area (Å²) in [4.78, 5) is 21.6. The van der Waals surface area contributed by atoms with E-state index in [0.717, 1.165) is 0 Å². The molecule has 0 radical (unpaired) electrons. The van der Waals surface area contributed by atoms with E-state index in [4.69, 9.17) is 10.2 Å². The maximum Gasteiger partial charge on any atom is 0.332 e. The van der Waals surface area contributed by atoms with Crippen molar-refractivity contribution in [2.45, 2.75) is 31.1 Å². The molecule has 7 heteroatoms. The largest absolute Gasteiger partial charge is 0.479 e. The molecular formula is C10H20N2O4S. The Hall–Kier alpha value is -0.950. The molecule has 1 unspecified atom stereocenters. The molecule has 0 rings (SSSR count). The number of rotatable bonds is 7. The summed E-state index contributed by atoms with van der Waals surface area (Å²) in [5, 5.41) is 22.5. The molecule has 0 aromatic heterocycles. The number of hydrogen-bond acceptors (Lipinski definition) is 4. The number of carbonyl (C=O) groups is 2. The molecule has 6 nitrogen and oxygen atoms in total. The van der Waals surface area contributed by atoms with Crippen molar-refractivity contribution in [2.24, 2.45) is 0 Å². The average Bonchev–Trinajstić information content (AvgIpc) is 2.26. The van der Waals surface area contributed by atoms with E-state index in [2.05, 4.69) is 10.6 Å². The molecule has 0 bridgehead atoms. The van der Waals surface area contributed by atoms with Crippen LogP contribution >= 0.6 is 11.8 Å². The zero-order valence-electron chi connectivity index (χ0n) is 10.3. The zero-order valence-corrected chi connectivity index (χ0v) is 11.1. The number of carboxylic acid groups (broad SMARTS) is 1. The van der Waals surface area contributed by atoms with Gasteiger partial charge in [0.2, 0.25) is 0 Å². The maximum atomic E-state index is 11.3. The number of aliphatic hydroxyl groups excluding tert-OH is 1. The van der Waals surface area contributed by atoms with E-state index < -0.39 is 12.1 Å². The van der Waals surface area contributed by atoms with Crippen LogP contribution in [0.25, 0.3) is 0 Å². The molecule has 17 heavy (non-hydrogen) atoms. The second-order valence-electron chi connectivity index (χ2n) is 4.22. The summed E-state index contributed by atoms with van der Waals surface area (Å²) < 4.78 is -0.0437. The van der Waals surface area contributed by atoms with E-state index in [-0.39, 0.29) is 23.7 Å². The van der Waals surface area contributed by atoms with Gasteiger partial charge in [-0.1, -0.05) is 0 Å². The minimum absolute atomic E-state index is 0.00528. The molecule has 0 fully saturated rings. The normalized spacial score (nSPS) is 12.9. The Labute approximate surface area is 105 Å². The van der Waals surface area contributed by atoms with Gasteiger partial charge in [-0.3, -0.25) is 0 Å². The predicted molar refractivity (Wildman–Crippen MR) is 67.3 cm³/mol. The number of nitrogens with one attached hydrogen (secondary N) is 2. The third kappa shape index (κ3) is 7.87. The average molecular weight is 264 g/mol. The van der Waals surface area contributed by atoms with Gasteiger partial charge in [0.05, 0.1) is 0 Å². The topological polar surface area (TPSA) is 98.7 Å². The fraction of sp³-hybridized carbons (Fsp3) is 0.800. The van der Waals surface area contributed by atoms with E-state index >= 15 is 0 Å². The summed E-state index contributed by atoms with van der Waals surface area (Å²) in [6.45, 7) is 4.65. The third-order valence-corrected chi connectivity index (χ3v) is 3.47. The fourth-order valence-electron chi connectivity index (χ4n) is 0.874. The molecule has 0 spiro atoms. The van der Waals surface area contributed by atoms with E-state index in [1.807, 2.05) is 20.1 Å². The number of aliphatic carboxylic acids is 1. The van der Waals surface area contributed by atoms with Crippen molar-refractivity contribution in [3.63, 3.8) is 0 Å². The lowest BCUT2D eigenvalue weighted by Crippen LogP contribution is -2.43. The lowest BCUT2D eigenvalue weighted by atomic mass is 10.2. The summed E-state index contributed by atoms with van der Waals surface area (Å²) in [5.41, 5.74) is 0. The summed E-state index contributed by atoms with van der Waals surface area (Å²) in [6, 6.07) is -0.357. The first kappa shape index (κ1) is 16.1. The standard InChI is InChI=1S/C10H20N2O4S/c1-10(2,17-3)6-12-9(16)11-5-4-7(13)8(14)15/h7,13H,4-6H2,1-3H3,(H,14,15)(H2,11,12,16). The molecule has 1 atom stereocenters. The van der Waals surface area contributed by atoms with Crippen LogP contribution in [0.4, 0.5) is 4.79 Å². The second-order valence-corrected chi connectivity index (χ2v) is 5.73. The molecule has 0 heterocycles. The highest BCUT2D eigenvalue weighted by Gasteiger charge is 2.17. The van der Waals surface area contributed by atoms with Crippen LogP contribution in [0.2, 0.25) is 0 Å². The van der Waals surface area contributed by atoms with Gasteiger partial charge in [0, 0.05) is 24.3 Å². The highest BCUT2D eigenvalue weighted by atomic mass is 32.2. The van der Waals surface area contributed by atoms with Gasteiger partial charge in [-0.2, -0.15) is 11.8 Å². The van der Waals surface area contributed by atoms with Crippen molar-refractivity contribution in [1.29, 1.82) is 0 Å². The van der Waals surface area contributed by atoms with Crippen LogP contribution < -0.4 is 10.6 Å². The monoisotopic (exact) mass is 264 g/mol. The van der Waals surface area contributed by atoms with Gasteiger partial charge >= 0.3 is 12.0 Å². The van der Waals surface area contributed by atoms with Crippen molar-refractivity contribution < 1.29 is 19.8 Å². The fourth-order valence-corrected chi connectivity index (χ4v) is 1.09. The van der Waals surface area contributed by atoms with E-state index in [1.54, 1.807) is 11.8 Å². The van der Waals surface area contributed by atoms with Crippen molar-refractivity contribution in [2.75, 3.05) is 19.3 Å². The zero-order chi connectivity index (χ0) is 13.5. The summed E-state index contributed by atoms with van der Waals surface area (Å²) in [6.07, 6.45) is 0.523. The Bertz CT molecular complexity index is 271. The minimum atomic E-state index is -1.43. The highest BCUT2D eigenvalue weighted by Crippen LogP contribution is 2.19. The molecule has 0 aliphatic carbocycles. The summed E-state index contributed by atoms with van der Waals surface area (Å²) >= 11 is 1.64. The van der Waals surface area contributed by atoms with Crippen LogP contribution in [0.15, 0.2) is 0 Å². The van der Waals surface area contributed by atoms with E-state index in [9.17, 15) is 9.59 Å². The first-order valence-electron chi connectivity index (χ1n) is 5.26. The maximum absolute atomic E-state index is 11.3. The smallest absolute Gasteiger partial charge is 0.332 e. The Balaban J connectivity index is 3.71.